The molecule has 4 aromatic rings. The summed E-state index contributed by atoms with van der Waals surface area (Å²) >= 11 is 1.52. The van der Waals surface area contributed by atoms with E-state index in [1.165, 1.54) is 31.0 Å². The molecule has 33 heavy (non-hydrogen) atoms. The Hall–Kier alpha value is -3.40. The van der Waals surface area contributed by atoms with E-state index in [4.69, 9.17) is 9.40 Å². The Morgan fingerprint density at radius 2 is 1.94 bits per heavy atom. The first kappa shape index (κ1) is 21.4. The van der Waals surface area contributed by atoms with Crippen LogP contribution in [-0.2, 0) is 6.54 Å². The second kappa shape index (κ2) is 9.62. The van der Waals surface area contributed by atoms with Crippen LogP contribution in [0.3, 0.4) is 0 Å². The Morgan fingerprint density at radius 3 is 2.73 bits per heavy atom. The predicted octanol–water partition coefficient (Wildman–Crippen LogP) is 3.62. The molecule has 0 unspecified atom stereocenters. The van der Waals surface area contributed by atoms with E-state index in [0.717, 1.165) is 40.7 Å². The standard InChI is InChI=1S/C23H25N7O2S/c1-33-23-27-19(29-11-6-3-7-12-29)17-14-26-30(20(17)28-23)13-10-24-21(31)22-25-15-18(32-22)16-8-4-2-5-9-16/h2,4-5,8-9,14-15H,3,6-7,10-13H2,1H3,(H,24,31). The largest absolute Gasteiger partial charge is 0.432 e. The van der Waals surface area contributed by atoms with Gasteiger partial charge in [0.05, 0.1) is 24.3 Å². The first-order chi connectivity index (χ1) is 16.2. The molecule has 9 nitrogen and oxygen atoms in total. The summed E-state index contributed by atoms with van der Waals surface area (Å²) in [5, 5.41) is 9.06. The van der Waals surface area contributed by atoms with Gasteiger partial charge in [-0.1, -0.05) is 42.1 Å². The fraction of sp³-hybridized carbons (Fsp3) is 0.348. The highest BCUT2D eigenvalue weighted by atomic mass is 32.2. The molecule has 1 aromatic carbocycles. The molecule has 170 valence electrons. The predicted molar refractivity (Wildman–Crippen MR) is 127 cm³/mol. The molecule has 1 saturated heterocycles. The molecular weight excluding hydrogens is 438 g/mol. The van der Waals surface area contributed by atoms with Gasteiger partial charge in [0, 0.05) is 25.2 Å². The topological polar surface area (TPSA) is 102 Å². The molecule has 1 aliphatic rings. The number of hydrogen-bond acceptors (Lipinski definition) is 8. The average Bonchev–Trinajstić information content (AvgIpc) is 3.52. The Balaban J connectivity index is 1.28. The molecule has 5 rings (SSSR count). The fourth-order valence-corrected chi connectivity index (χ4v) is 4.34. The molecule has 0 radical (unpaired) electrons. The molecule has 1 N–H and O–H groups in total. The van der Waals surface area contributed by atoms with Gasteiger partial charge in [0.1, 0.15) is 5.82 Å². The van der Waals surface area contributed by atoms with Gasteiger partial charge in [-0.25, -0.2) is 19.6 Å². The first-order valence-electron chi connectivity index (χ1n) is 11.0. The summed E-state index contributed by atoms with van der Waals surface area (Å²) in [6.45, 7) is 2.85. The van der Waals surface area contributed by atoms with Crippen LogP contribution in [0.1, 0.15) is 29.9 Å². The van der Waals surface area contributed by atoms with Gasteiger partial charge in [-0.3, -0.25) is 4.79 Å². The number of piperidine rings is 1. The Bertz CT molecular complexity index is 1250. The Morgan fingerprint density at radius 1 is 1.12 bits per heavy atom. The molecule has 0 atom stereocenters. The number of thioether (sulfide) groups is 1. The third-order valence-corrected chi connectivity index (χ3v) is 6.21. The van der Waals surface area contributed by atoms with Crippen LogP contribution in [0.4, 0.5) is 5.82 Å². The van der Waals surface area contributed by atoms with Crippen LogP contribution in [0, 0.1) is 0 Å². The molecule has 0 aliphatic carbocycles. The van der Waals surface area contributed by atoms with E-state index in [9.17, 15) is 4.79 Å². The summed E-state index contributed by atoms with van der Waals surface area (Å²) in [6, 6.07) is 9.57. The van der Waals surface area contributed by atoms with Crippen molar-refractivity contribution >= 4 is 34.5 Å². The number of amides is 1. The van der Waals surface area contributed by atoms with Crippen LogP contribution in [0.25, 0.3) is 22.4 Å². The van der Waals surface area contributed by atoms with Gasteiger partial charge in [-0.15, -0.1) is 0 Å². The third-order valence-electron chi connectivity index (χ3n) is 5.66. The number of oxazole rings is 1. The fourth-order valence-electron chi connectivity index (χ4n) is 3.99. The van der Waals surface area contributed by atoms with Crippen molar-refractivity contribution in [3.8, 4) is 11.3 Å². The minimum Gasteiger partial charge on any atom is -0.432 e. The van der Waals surface area contributed by atoms with Crippen molar-refractivity contribution in [2.45, 2.75) is 31.0 Å². The molecule has 1 amide bonds. The average molecular weight is 464 g/mol. The normalized spacial score (nSPS) is 14.0. The number of carbonyl (C=O) groups excluding carboxylic acids is 1. The molecule has 1 aliphatic heterocycles. The first-order valence-corrected chi connectivity index (χ1v) is 12.3. The van der Waals surface area contributed by atoms with E-state index in [0.29, 0.717) is 18.8 Å². The highest BCUT2D eigenvalue weighted by Gasteiger charge is 2.20. The lowest BCUT2D eigenvalue weighted by atomic mass is 10.1. The molecule has 0 spiro atoms. The minimum atomic E-state index is -0.359. The molecule has 10 heteroatoms. The Labute approximate surface area is 195 Å². The number of hydrogen-bond donors (Lipinski definition) is 1. The van der Waals surface area contributed by atoms with E-state index in [2.05, 4.69) is 25.3 Å². The van der Waals surface area contributed by atoms with Crippen molar-refractivity contribution in [3.05, 3.63) is 48.6 Å². The maximum atomic E-state index is 12.5. The third kappa shape index (κ3) is 4.56. The van der Waals surface area contributed by atoms with Crippen LogP contribution in [0.2, 0.25) is 0 Å². The number of anilines is 1. The summed E-state index contributed by atoms with van der Waals surface area (Å²) in [7, 11) is 0. The minimum absolute atomic E-state index is 0.0403. The van der Waals surface area contributed by atoms with E-state index >= 15 is 0 Å². The van der Waals surface area contributed by atoms with Crippen molar-refractivity contribution in [2.75, 3.05) is 30.8 Å². The highest BCUT2D eigenvalue weighted by Crippen LogP contribution is 2.28. The summed E-state index contributed by atoms with van der Waals surface area (Å²) in [5.41, 5.74) is 1.66. The quantitative estimate of drug-likeness (QED) is 0.328. The monoisotopic (exact) mass is 463 g/mol. The van der Waals surface area contributed by atoms with Gasteiger partial charge in [-0.2, -0.15) is 5.10 Å². The lowest BCUT2D eigenvalue weighted by molar-refractivity contribution is 0.0918. The van der Waals surface area contributed by atoms with Gasteiger partial charge in [0.2, 0.25) is 0 Å². The molecular formula is C23H25N7O2S. The zero-order chi connectivity index (χ0) is 22.6. The molecule has 0 bridgehead atoms. The zero-order valence-electron chi connectivity index (χ0n) is 18.4. The SMILES string of the molecule is CSc1nc(N2CCCCC2)c2cnn(CCNC(=O)c3ncc(-c4ccccc4)o3)c2n1. The van der Waals surface area contributed by atoms with Crippen molar-refractivity contribution in [1.29, 1.82) is 0 Å². The van der Waals surface area contributed by atoms with Crippen LogP contribution >= 0.6 is 11.8 Å². The van der Waals surface area contributed by atoms with Crippen LogP contribution in [0.5, 0.6) is 0 Å². The van der Waals surface area contributed by atoms with E-state index in [1.54, 1.807) is 6.20 Å². The van der Waals surface area contributed by atoms with Gasteiger partial charge < -0.3 is 14.6 Å². The van der Waals surface area contributed by atoms with Gasteiger partial charge >= 0.3 is 5.91 Å². The lowest BCUT2D eigenvalue weighted by Crippen LogP contribution is -2.30. The molecule has 4 heterocycles. The molecule has 0 saturated carbocycles. The lowest BCUT2D eigenvalue weighted by Gasteiger charge is -2.28. The second-order valence-corrected chi connectivity index (χ2v) is 8.61. The van der Waals surface area contributed by atoms with Crippen molar-refractivity contribution in [1.82, 2.24) is 30.0 Å². The number of rotatable bonds is 7. The second-order valence-electron chi connectivity index (χ2n) is 7.84. The number of nitrogens with one attached hydrogen (secondary N) is 1. The maximum Gasteiger partial charge on any atom is 0.307 e. The van der Waals surface area contributed by atoms with Crippen LogP contribution in [0.15, 0.2) is 52.3 Å². The van der Waals surface area contributed by atoms with Crippen molar-refractivity contribution < 1.29 is 9.21 Å². The Kier molecular flexibility index (Phi) is 6.25. The number of aromatic nitrogens is 5. The summed E-state index contributed by atoms with van der Waals surface area (Å²) in [5.74, 6) is 1.19. The summed E-state index contributed by atoms with van der Waals surface area (Å²) in [4.78, 5) is 28.4. The number of fused-ring (bicyclic) bond motifs is 1. The molecule has 3 aromatic heterocycles. The van der Waals surface area contributed by atoms with E-state index < -0.39 is 0 Å². The highest BCUT2D eigenvalue weighted by molar-refractivity contribution is 7.98. The maximum absolute atomic E-state index is 12.5. The van der Waals surface area contributed by atoms with Crippen molar-refractivity contribution in [2.24, 2.45) is 0 Å². The van der Waals surface area contributed by atoms with Crippen LogP contribution in [-0.4, -0.2) is 56.5 Å². The van der Waals surface area contributed by atoms with Crippen molar-refractivity contribution in [3.63, 3.8) is 0 Å². The van der Waals surface area contributed by atoms with Crippen LogP contribution < -0.4 is 10.2 Å². The van der Waals surface area contributed by atoms with E-state index in [1.807, 2.05) is 47.5 Å². The smallest absolute Gasteiger partial charge is 0.307 e. The summed E-state index contributed by atoms with van der Waals surface area (Å²) < 4.78 is 7.44. The van der Waals surface area contributed by atoms with Gasteiger partial charge in [0.15, 0.2) is 16.6 Å². The zero-order valence-corrected chi connectivity index (χ0v) is 19.2. The van der Waals surface area contributed by atoms with Gasteiger partial charge in [0.25, 0.3) is 5.89 Å². The summed E-state index contributed by atoms with van der Waals surface area (Å²) in [6.07, 6.45) is 8.97. The number of benzene rings is 1. The number of carbonyl (C=O) groups is 1. The molecule has 1 fully saturated rings. The van der Waals surface area contributed by atoms with Gasteiger partial charge in [-0.05, 0) is 25.5 Å². The van der Waals surface area contributed by atoms with E-state index in [-0.39, 0.29) is 11.8 Å². The number of nitrogens with zero attached hydrogens (tertiary/aromatic N) is 6.